The first-order valence-corrected chi connectivity index (χ1v) is 11.7. The fourth-order valence-electron chi connectivity index (χ4n) is 3.83. The number of sulfone groups is 1. The minimum absolute atomic E-state index is 0.337. The third-order valence-electron chi connectivity index (χ3n) is 5.61. The van der Waals surface area contributed by atoms with Crippen molar-refractivity contribution in [1.82, 2.24) is 10.6 Å². The molecule has 1 aliphatic carbocycles. The van der Waals surface area contributed by atoms with Crippen LogP contribution in [0.25, 0.3) is 11.1 Å². The van der Waals surface area contributed by atoms with Crippen molar-refractivity contribution in [1.29, 1.82) is 0 Å². The largest absolute Gasteiger partial charge is 0.496 e. The number of methoxy groups -OCH3 is 1. The van der Waals surface area contributed by atoms with Crippen LogP contribution < -0.4 is 15.4 Å². The van der Waals surface area contributed by atoms with Gasteiger partial charge in [-0.3, -0.25) is 0 Å². The van der Waals surface area contributed by atoms with E-state index in [1.807, 2.05) is 31.3 Å². The Balaban J connectivity index is 1.73. The van der Waals surface area contributed by atoms with Crippen molar-refractivity contribution < 1.29 is 13.2 Å². The summed E-state index contributed by atoms with van der Waals surface area (Å²) in [5.74, 6) is 0.868. The molecule has 2 aromatic carbocycles. The van der Waals surface area contributed by atoms with Gasteiger partial charge in [0.25, 0.3) is 0 Å². The predicted molar refractivity (Wildman–Crippen MR) is 113 cm³/mol. The first-order valence-electron chi connectivity index (χ1n) is 9.78. The van der Waals surface area contributed by atoms with Crippen LogP contribution in [0.5, 0.6) is 5.75 Å². The number of rotatable bonds is 7. The average molecular weight is 403 g/mol. The van der Waals surface area contributed by atoms with Gasteiger partial charge in [-0.05, 0) is 68.1 Å². The van der Waals surface area contributed by atoms with Crippen molar-refractivity contribution in [2.24, 2.45) is 0 Å². The topological polar surface area (TPSA) is 67.4 Å². The fraction of sp³-hybridized carbons (Fsp3) is 0.455. The van der Waals surface area contributed by atoms with Crippen molar-refractivity contribution in [2.75, 3.05) is 20.4 Å². The molecule has 0 atom stereocenters. The van der Waals surface area contributed by atoms with Gasteiger partial charge in [0.15, 0.2) is 9.84 Å². The molecule has 2 aromatic rings. The zero-order valence-corrected chi connectivity index (χ0v) is 17.7. The maximum Gasteiger partial charge on any atom is 0.175 e. The summed E-state index contributed by atoms with van der Waals surface area (Å²) < 4.78 is 28.9. The van der Waals surface area contributed by atoms with Gasteiger partial charge in [0.1, 0.15) is 5.75 Å². The maximum atomic E-state index is 11.7. The second-order valence-corrected chi connectivity index (χ2v) is 9.56. The second-order valence-electron chi connectivity index (χ2n) is 7.54. The summed E-state index contributed by atoms with van der Waals surface area (Å²) in [6, 6.07) is 14.3. The molecule has 0 radical (unpaired) electrons. The SMILES string of the molecule is CNC1CCC(NCc2cc(-c3ccc(S(C)(=O)=O)cc3)ccc2OC)CC1. The monoisotopic (exact) mass is 402 g/mol. The van der Waals surface area contributed by atoms with Crippen molar-refractivity contribution in [3.8, 4) is 16.9 Å². The summed E-state index contributed by atoms with van der Waals surface area (Å²) in [6.07, 6.45) is 6.00. The van der Waals surface area contributed by atoms with Gasteiger partial charge in [0.2, 0.25) is 0 Å². The Morgan fingerprint density at radius 2 is 1.57 bits per heavy atom. The molecule has 3 rings (SSSR count). The third kappa shape index (κ3) is 5.13. The van der Waals surface area contributed by atoms with E-state index in [1.54, 1.807) is 19.2 Å². The lowest BCUT2D eigenvalue weighted by atomic mass is 9.91. The van der Waals surface area contributed by atoms with E-state index in [4.69, 9.17) is 4.74 Å². The summed E-state index contributed by atoms with van der Waals surface area (Å²) in [5.41, 5.74) is 3.16. The van der Waals surface area contributed by atoms with E-state index < -0.39 is 9.84 Å². The highest BCUT2D eigenvalue weighted by Crippen LogP contribution is 2.28. The van der Waals surface area contributed by atoms with Crippen molar-refractivity contribution in [3.05, 3.63) is 48.0 Å². The summed E-state index contributed by atoms with van der Waals surface area (Å²) >= 11 is 0. The Bertz CT molecular complexity index is 886. The molecule has 1 fully saturated rings. The van der Waals surface area contributed by atoms with Crippen LogP contribution in [0.2, 0.25) is 0 Å². The summed E-state index contributed by atoms with van der Waals surface area (Å²) in [5, 5.41) is 7.05. The molecule has 152 valence electrons. The molecule has 0 spiro atoms. The predicted octanol–water partition coefficient (Wildman–Crippen LogP) is 3.39. The molecule has 1 saturated carbocycles. The van der Waals surface area contributed by atoms with Crippen LogP contribution in [0.4, 0.5) is 0 Å². The van der Waals surface area contributed by atoms with E-state index in [1.165, 1.54) is 31.9 Å². The quantitative estimate of drug-likeness (QED) is 0.743. The van der Waals surface area contributed by atoms with Crippen LogP contribution in [-0.2, 0) is 16.4 Å². The Hall–Kier alpha value is -1.89. The molecule has 28 heavy (non-hydrogen) atoms. The molecule has 0 unspecified atom stereocenters. The lowest BCUT2D eigenvalue weighted by Gasteiger charge is -2.29. The van der Waals surface area contributed by atoms with Crippen LogP contribution in [0.1, 0.15) is 31.2 Å². The molecule has 0 aromatic heterocycles. The van der Waals surface area contributed by atoms with Gasteiger partial charge < -0.3 is 15.4 Å². The minimum atomic E-state index is -3.18. The van der Waals surface area contributed by atoms with Crippen molar-refractivity contribution in [3.63, 3.8) is 0 Å². The third-order valence-corrected chi connectivity index (χ3v) is 6.74. The molecule has 2 N–H and O–H groups in total. The zero-order chi connectivity index (χ0) is 20.1. The summed E-state index contributed by atoms with van der Waals surface area (Å²) in [4.78, 5) is 0.337. The molecular weight excluding hydrogens is 372 g/mol. The number of nitrogens with one attached hydrogen (secondary N) is 2. The highest BCUT2D eigenvalue weighted by molar-refractivity contribution is 7.90. The molecule has 0 heterocycles. The van der Waals surface area contributed by atoms with Crippen LogP contribution in [0.3, 0.4) is 0 Å². The Morgan fingerprint density at radius 3 is 2.14 bits per heavy atom. The van der Waals surface area contributed by atoms with Gasteiger partial charge in [-0.2, -0.15) is 0 Å². The molecular formula is C22H30N2O3S. The summed E-state index contributed by atoms with van der Waals surface area (Å²) in [6.45, 7) is 0.757. The van der Waals surface area contributed by atoms with E-state index >= 15 is 0 Å². The highest BCUT2D eigenvalue weighted by atomic mass is 32.2. The molecule has 0 saturated heterocycles. The number of hydrogen-bond donors (Lipinski definition) is 2. The molecule has 0 amide bonds. The first-order chi connectivity index (χ1) is 13.4. The van der Waals surface area contributed by atoms with Crippen molar-refractivity contribution >= 4 is 9.84 Å². The highest BCUT2D eigenvalue weighted by Gasteiger charge is 2.20. The van der Waals surface area contributed by atoms with Gasteiger partial charge >= 0.3 is 0 Å². The number of hydrogen-bond acceptors (Lipinski definition) is 5. The fourth-order valence-corrected chi connectivity index (χ4v) is 4.46. The lowest BCUT2D eigenvalue weighted by Crippen LogP contribution is -2.38. The van der Waals surface area contributed by atoms with E-state index in [0.717, 1.165) is 29.0 Å². The average Bonchev–Trinajstić information content (AvgIpc) is 2.72. The van der Waals surface area contributed by atoms with Gasteiger partial charge in [0.05, 0.1) is 12.0 Å². The minimum Gasteiger partial charge on any atom is -0.496 e. The van der Waals surface area contributed by atoms with E-state index in [0.29, 0.717) is 17.0 Å². The normalized spacial score (nSPS) is 20.1. The summed E-state index contributed by atoms with van der Waals surface area (Å²) in [7, 11) is 0.549. The Morgan fingerprint density at radius 1 is 0.964 bits per heavy atom. The van der Waals surface area contributed by atoms with E-state index in [9.17, 15) is 8.42 Å². The molecule has 1 aliphatic rings. The second kappa shape index (κ2) is 9.07. The van der Waals surface area contributed by atoms with Crippen LogP contribution in [0, 0.1) is 0 Å². The Kier molecular flexibility index (Phi) is 6.75. The molecule has 0 bridgehead atoms. The van der Waals surface area contributed by atoms with Crippen molar-refractivity contribution in [2.45, 2.75) is 49.2 Å². The van der Waals surface area contributed by atoms with Crippen LogP contribution >= 0.6 is 0 Å². The zero-order valence-electron chi connectivity index (χ0n) is 16.9. The smallest absolute Gasteiger partial charge is 0.175 e. The lowest BCUT2D eigenvalue weighted by molar-refractivity contribution is 0.315. The number of ether oxygens (including phenoxy) is 1. The van der Waals surface area contributed by atoms with E-state index in [2.05, 4.69) is 16.7 Å². The van der Waals surface area contributed by atoms with Gasteiger partial charge in [-0.25, -0.2) is 8.42 Å². The van der Waals surface area contributed by atoms with Crippen LogP contribution in [-0.4, -0.2) is 40.9 Å². The Labute approximate surface area is 168 Å². The standard InChI is InChI=1S/C22H30N2O3S/c1-23-19-7-9-20(10-8-19)24-15-18-14-17(6-13-22(18)27-2)16-4-11-21(12-5-16)28(3,25)26/h4-6,11-14,19-20,23-24H,7-10,15H2,1-3H3. The molecule has 0 aliphatic heterocycles. The van der Waals surface area contributed by atoms with Gasteiger partial charge in [-0.1, -0.05) is 18.2 Å². The van der Waals surface area contributed by atoms with E-state index in [-0.39, 0.29) is 0 Å². The van der Waals surface area contributed by atoms with Gasteiger partial charge in [0, 0.05) is 30.4 Å². The maximum absolute atomic E-state index is 11.7. The van der Waals surface area contributed by atoms with Crippen LogP contribution in [0.15, 0.2) is 47.4 Å². The molecule has 6 heteroatoms. The first kappa shape index (κ1) is 20.8. The van der Waals surface area contributed by atoms with Gasteiger partial charge in [-0.15, -0.1) is 0 Å². The number of benzene rings is 2. The molecule has 5 nitrogen and oxygen atoms in total.